The SMILES string of the molecule is CC(=O)O[C@H]1C(O[C@@H]2OC(C)[C@H](OCc3ccccc3)C(OCc3ccccc3)[C@@H]2O[C@@H]2OC(C)[C@H](OCc3ccccc3)C(O[C@H]3OC(COCc4ccccc4)[C@@H](OCc4ccccc4)C(OCc4ccccc4)C3C)[C@@H]2O)[C@@H](OCc2ccccc2)C(C)O[C@H]1C. The Hall–Kier alpha value is -6.59. The average Bonchev–Trinajstić information content (AvgIpc) is 0.801. The lowest BCUT2D eigenvalue weighted by molar-refractivity contribution is -0.396. The molecule has 0 amide bonds. The van der Waals surface area contributed by atoms with E-state index in [0.29, 0.717) is 6.61 Å². The fourth-order valence-electron chi connectivity index (χ4n) is 12.8. The summed E-state index contributed by atoms with van der Waals surface area (Å²) in [6.07, 6.45) is -18.0. The van der Waals surface area contributed by atoms with E-state index in [9.17, 15) is 9.90 Å². The lowest BCUT2D eigenvalue weighted by atomic mass is 9.91. The summed E-state index contributed by atoms with van der Waals surface area (Å²) in [5.41, 5.74) is 6.57. The number of hydrogen-bond acceptors (Lipinski definition) is 17. The molecule has 4 aliphatic rings. The summed E-state index contributed by atoms with van der Waals surface area (Å²) >= 11 is 0. The van der Waals surface area contributed by atoms with Gasteiger partial charge in [0.05, 0.1) is 83.4 Å². The van der Waals surface area contributed by atoms with Gasteiger partial charge >= 0.3 is 5.97 Å². The first kappa shape index (κ1) is 68.8. The molecule has 17 nitrogen and oxygen atoms in total. The summed E-state index contributed by atoms with van der Waals surface area (Å²) in [6.45, 7) is 12.5. The maximum atomic E-state index is 13.4. The predicted molar refractivity (Wildman–Crippen MR) is 349 cm³/mol. The molecular formula is C77H90O17. The van der Waals surface area contributed by atoms with Crippen molar-refractivity contribution in [2.75, 3.05) is 6.61 Å². The zero-order valence-electron chi connectivity index (χ0n) is 54.4. The van der Waals surface area contributed by atoms with Gasteiger partial charge in [-0.15, -0.1) is 0 Å². The van der Waals surface area contributed by atoms with Crippen molar-refractivity contribution in [3.8, 4) is 0 Å². The fraction of sp³-hybridized carbons (Fsp3) is 0.442. The fourth-order valence-corrected chi connectivity index (χ4v) is 12.8. The lowest BCUT2D eigenvalue weighted by Gasteiger charge is -2.51. The maximum Gasteiger partial charge on any atom is 0.303 e. The van der Waals surface area contributed by atoms with E-state index in [1.165, 1.54) is 6.92 Å². The number of benzene rings is 7. The molecule has 20 atom stereocenters. The Balaban J connectivity index is 0.959. The van der Waals surface area contributed by atoms with Gasteiger partial charge in [-0.25, -0.2) is 0 Å². The molecule has 0 radical (unpaired) electrons. The molecule has 4 saturated heterocycles. The van der Waals surface area contributed by atoms with Crippen molar-refractivity contribution in [1.29, 1.82) is 0 Å². The van der Waals surface area contributed by atoms with Crippen LogP contribution in [0.2, 0.25) is 0 Å². The van der Waals surface area contributed by atoms with Gasteiger partial charge in [-0.05, 0) is 66.6 Å². The molecule has 7 aromatic rings. The Morgan fingerprint density at radius 2 is 0.649 bits per heavy atom. The number of carbonyl (C=O) groups is 1. The van der Waals surface area contributed by atoms with Crippen molar-refractivity contribution in [3.63, 3.8) is 0 Å². The van der Waals surface area contributed by atoms with Gasteiger partial charge in [-0.2, -0.15) is 0 Å². The van der Waals surface area contributed by atoms with Gasteiger partial charge < -0.3 is 76.2 Å². The second-order valence-electron chi connectivity index (χ2n) is 24.8. The van der Waals surface area contributed by atoms with Crippen LogP contribution in [0.15, 0.2) is 212 Å². The predicted octanol–water partition coefficient (Wildman–Crippen LogP) is 11.8. The van der Waals surface area contributed by atoms with Crippen molar-refractivity contribution in [3.05, 3.63) is 251 Å². The minimum atomic E-state index is -1.59. The summed E-state index contributed by atoms with van der Waals surface area (Å²) in [5.74, 6) is -1.06. The Morgan fingerprint density at radius 1 is 0.330 bits per heavy atom. The summed E-state index contributed by atoms with van der Waals surface area (Å²) in [6, 6.07) is 69.1. The minimum Gasteiger partial charge on any atom is -0.457 e. The number of aliphatic hydroxyl groups excluding tert-OH is 1. The Kier molecular flexibility index (Phi) is 25.2. The number of esters is 1. The minimum absolute atomic E-state index is 0.110. The zero-order chi connectivity index (χ0) is 65.2. The third-order valence-electron chi connectivity index (χ3n) is 17.7. The summed E-state index contributed by atoms with van der Waals surface area (Å²) in [5, 5.41) is 13.4. The molecule has 11 rings (SSSR count). The van der Waals surface area contributed by atoms with Crippen LogP contribution in [0.25, 0.3) is 0 Å². The van der Waals surface area contributed by atoms with E-state index >= 15 is 0 Å². The Labute approximate surface area is 552 Å². The topological polar surface area (TPSA) is 176 Å². The quantitative estimate of drug-likeness (QED) is 0.0438. The van der Waals surface area contributed by atoms with E-state index in [2.05, 4.69) is 0 Å². The third-order valence-corrected chi connectivity index (χ3v) is 17.7. The van der Waals surface area contributed by atoms with Crippen molar-refractivity contribution >= 4 is 5.97 Å². The van der Waals surface area contributed by atoms with Gasteiger partial charge in [0.15, 0.2) is 25.0 Å². The van der Waals surface area contributed by atoms with Crippen molar-refractivity contribution in [2.24, 2.45) is 5.92 Å². The molecule has 9 unspecified atom stereocenters. The highest BCUT2D eigenvalue weighted by Gasteiger charge is 2.57. The standard InChI is InChI=1S/C77H90O17/c1-50-65(81-43-57-30-16-8-17-31-57)70(85-47-61-38-24-12-25-39-61)63(49-80-42-56-28-14-7-15-29-56)91-75(50)92-71-64(79)76(88-52(3)66(71)82-44-58-32-18-9-19-33-58)94-74-72(86-48-62-40-26-13-27-41-62)67(83-45-59-34-20-10-21-35-59)53(4)89-77(74)93-73-68(84-46-60-36-22-11-23-37-60)51(2)87-54(5)69(73)90-55(6)78/h7-41,50-54,63-77,79H,42-49H2,1-6H3/t50?,51?,52?,53?,54-,63?,64-,65?,66-,67-,68-,69+,70+,71?,72?,73?,74-,75+,76-,77-/m0/s1. The molecule has 4 fully saturated rings. The summed E-state index contributed by atoms with van der Waals surface area (Å²) in [4.78, 5) is 13.1. The number of hydrogen-bond donors (Lipinski definition) is 1. The van der Waals surface area contributed by atoms with Gasteiger partial charge in [-0.1, -0.05) is 219 Å². The molecule has 17 heteroatoms. The average molecular weight is 1290 g/mol. The maximum absolute atomic E-state index is 13.4. The highest BCUT2D eigenvalue weighted by Crippen LogP contribution is 2.40. The monoisotopic (exact) mass is 1290 g/mol. The van der Waals surface area contributed by atoms with Crippen LogP contribution in [0.3, 0.4) is 0 Å². The van der Waals surface area contributed by atoms with E-state index in [1.807, 2.05) is 247 Å². The highest BCUT2D eigenvalue weighted by molar-refractivity contribution is 5.66. The number of ether oxygens (including phenoxy) is 15. The molecule has 0 aliphatic carbocycles. The normalized spacial score (nSPS) is 31.1. The Morgan fingerprint density at radius 3 is 1.07 bits per heavy atom. The molecule has 0 aromatic heterocycles. The first-order valence-corrected chi connectivity index (χ1v) is 32.9. The Bertz CT molecular complexity index is 3290. The van der Waals surface area contributed by atoms with E-state index in [4.69, 9.17) is 71.1 Å². The molecule has 1 N–H and O–H groups in total. The van der Waals surface area contributed by atoms with Gasteiger partial charge in [0.2, 0.25) is 0 Å². The first-order chi connectivity index (χ1) is 45.9. The smallest absolute Gasteiger partial charge is 0.303 e. The van der Waals surface area contributed by atoms with Crippen LogP contribution in [0.5, 0.6) is 0 Å². The molecule has 0 bridgehead atoms. The highest BCUT2D eigenvalue weighted by atomic mass is 16.8. The van der Waals surface area contributed by atoms with E-state index in [-0.39, 0.29) is 46.2 Å². The van der Waals surface area contributed by atoms with Gasteiger partial charge in [0.1, 0.15) is 61.0 Å². The molecule has 0 spiro atoms. The molecule has 94 heavy (non-hydrogen) atoms. The van der Waals surface area contributed by atoms with Gasteiger partial charge in [-0.3, -0.25) is 4.79 Å². The first-order valence-electron chi connectivity index (χ1n) is 32.9. The number of rotatable bonds is 29. The molecule has 500 valence electrons. The van der Waals surface area contributed by atoms with Gasteiger partial charge in [0.25, 0.3) is 0 Å². The molecule has 7 aromatic carbocycles. The van der Waals surface area contributed by atoms with E-state index < -0.39 is 128 Å². The summed E-state index contributed by atoms with van der Waals surface area (Å²) in [7, 11) is 0. The molecule has 4 aliphatic heterocycles. The molecular weight excluding hydrogens is 1200 g/mol. The van der Waals surface area contributed by atoms with Crippen LogP contribution < -0.4 is 0 Å². The number of aliphatic hydroxyl groups is 1. The molecule has 0 saturated carbocycles. The van der Waals surface area contributed by atoms with E-state index in [1.54, 1.807) is 0 Å². The van der Waals surface area contributed by atoms with Gasteiger partial charge in [0, 0.05) is 12.8 Å². The molecule has 4 heterocycles. The van der Waals surface area contributed by atoms with Crippen LogP contribution in [0.1, 0.15) is 80.5 Å². The second kappa shape index (κ2) is 34.4. The third kappa shape index (κ3) is 18.5. The van der Waals surface area contributed by atoms with Crippen LogP contribution >= 0.6 is 0 Å². The largest absolute Gasteiger partial charge is 0.457 e. The van der Waals surface area contributed by atoms with Crippen molar-refractivity contribution in [2.45, 2.75) is 204 Å². The van der Waals surface area contributed by atoms with Crippen LogP contribution in [0, 0.1) is 5.92 Å². The van der Waals surface area contributed by atoms with Crippen LogP contribution in [0.4, 0.5) is 0 Å². The lowest BCUT2D eigenvalue weighted by Crippen LogP contribution is -2.67. The second-order valence-corrected chi connectivity index (χ2v) is 24.8. The van der Waals surface area contributed by atoms with Crippen LogP contribution in [-0.2, 0) is 122 Å². The van der Waals surface area contributed by atoms with Crippen LogP contribution in [-0.4, -0.2) is 134 Å². The zero-order valence-corrected chi connectivity index (χ0v) is 54.4. The summed E-state index contributed by atoms with van der Waals surface area (Å²) < 4.78 is 104. The number of carbonyl (C=O) groups excluding carboxylic acids is 1. The van der Waals surface area contributed by atoms with Crippen molar-refractivity contribution < 1.29 is 81.0 Å². The van der Waals surface area contributed by atoms with E-state index in [0.717, 1.165) is 38.9 Å². The van der Waals surface area contributed by atoms with Crippen molar-refractivity contribution in [1.82, 2.24) is 0 Å².